The van der Waals surface area contributed by atoms with Gasteiger partial charge < -0.3 is 5.32 Å². The van der Waals surface area contributed by atoms with Crippen molar-refractivity contribution >= 4 is 5.69 Å². The first-order valence-electron chi connectivity index (χ1n) is 5.44. The summed E-state index contributed by atoms with van der Waals surface area (Å²) in [5, 5.41) is 7.36. The van der Waals surface area contributed by atoms with Crippen LogP contribution in [0.25, 0.3) is 0 Å². The molecule has 0 atom stereocenters. The highest BCUT2D eigenvalue weighted by molar-refractivity contribution is 5.38. The zero-order valence-electron chi connectivity index (χ0n) is 9.64. The maximum Gasteiger partial charge on any atom is 0.0729 e. The Labute approximate surface area is 95.3 Å². The fourth-order valence-corrected chi connectivity index (χ4v) is 1.47. The third-order valence-electron chi connectivity index (χ3n) is 2.47. The number of rotatable bonds is 4. The van der Waals surface area contributed by atoms with Gasteiger partial charge >= 0.3 is 0 Å². The molecular weight excluding hydrogens is 200 g/mol. The molecule has 2 aromatic rings. The third-order valence-corrected chi connectivity index (χ3v) is 2.47. The van der Waals surface area contributed by atoms with Crippen LogP contribution in [0.15, 0.2) is 30.7 Å². The number of aryl methyl sites for hydroxylation is 2. The van der Waals surface area contributed by atoms with Crippen LogP contribution in [0.5, 0.6) is 0 Å². The van der Waals surface area contributed by atoms with Gasteiger partial charge in [0.25, 0.3) is 0 Å². The highest BCUT2D eigenvalue weighted by Gasteiger charge is 1.97. The van der Waals surface area contributed by atoms with E-state index in [1.807, 2.05) is 19.4 Å². The summed E-state index contributed by atoms with van der Waals surface area (Å²) in [4.78, 5) is 4.38. The highest BCUT2D eigenvalue weighted by atomic mass is 15.3. The smallest absolute Gasteiger partial charge is 0.0729 e. The van der Waals surface area contributed by atoms with E-state index in [4.69, 9.17) is 0 Å². The SMILES string of the molecule is CCc1ccc(CNc2cnn(C)c2)nc1. The summed E-state index contributed by atoms with van der Waals surface area (Å²) in [5.41, 5.74) is 3.33. The van der Waals surface area contributed by atoms with Crippen LogP contribution in [0, 0.1) is 0 Å². The standard InChI is InChI=1S/C12H16N4/c1-3-10-4-5-11(13-6-10)7-14-12-8-15-16(2)9-12/h4-6,8-9,14H,3,7H2,1-2H3. The Bertz CT molecular complexity index is 444. The first-order valence-corrected chi connectivity index (χ1v) is 5.44. The second kappa shape index (κ2) is 4.79. The number of aromatic nitrogens is 3. The monoisotopic (exact) mass is 216 g/mol. The van der Waals surface area contributed by atoms with Crippen molar-refractivity contribution in [2.75, 3.05) is 5.32 Å². The zero-order chi connectivity index (χ0) is 11.4. The van der Waals surface area contributed by atoms with Gasteiger partial charge in [0.05, 0.1) is 24.1 Å². The first kappa shape index (κ1) is 10.7. The van der Waals surface area contributed by atoms with Crippen molar-refractivity contribution in [2.24, 2.45) is 7.05 Å². The molecule has 0 aliphatic carbocycles. The van der Waals surface area contributed by atoms with Gasteiger partial charge in [-0.3, -0.25) is 9.67 Å². The molecule has 0 amide bonds. The van der Waals surface area contributed by atoms with E-state index in [0.29, 0.717) is 0 Å². The maximum atomic E-state index is 4.38. The summed E-state index contributed by atoms with van der Waals surface area (Å²) in [7, 11) is 1.90. The minimum absolute atomic E-state index is 0.732. The number of hydrogen-bond acceptors (Lipinski definition) is 3. The highest BCUT2D eigenvalue weighted by Crippen LogP contribution is 2.06. The van der Waals surface area contributed by atoms with Gasteiger partial charge in [-0.05, 0) is 18.1 Å². The minimum Gasteiger partial charge on any atom is -0.377 e. The van der Waals surface area contributed by atoms with Crippen molar-refractivity contribution < 1.29 is 0 Å². The molecule has 0 spiro atoms. The van der Waals surface area contributed by atoms with Gasteiger partial charge in [0.15, 0.2) is 0 Å². The molecule has 2 aromatic heterocycles. The molecule has 4 heteroatoms. The molecule has 0 radical (unpaired) electrons. The molecule has 0 bridgehead atoms. The van der Waals surface area contributed by atoms with Crippen LogP contribution >= 0.6 is 0 Å². The van der Waals surface area contributed by atoms with E-state index >= 15 is 0 Å². The summed E-state index contributed by atoms with van der Waals surface area (Å²) in [6.45, 7) is 2.86. The van der Waals surface area contributed by atoms with Gasteiger partial charge in [-0.2, -0.15) is 5.10 Å². The van der Waals surface area contributed by atoms with Crippen molar-refractivity contribution in [3.8, 4) is 0 Å². The van der Waals surface area contributed by atoms with Gasteiger partial charge in [0, 0.05) is 19.4 Å². The van der Waals surface area contributed by atoms with Gasteiger partial charge in [-0.15, -0.1) is 0 Å². The predicted molar refractivity (Wildman–Crippen MR) is 64.1 cm³/mol. The largest absolute Gasteiger partial charge is 0.377 e. The Morgan fingerprint density at radius 1 is 1.31 bits per heavy atom. The Balaban J connectivity index is 1.94. The van der Waals surface area contributed by atoms with E-state index in [9.17, 15) is 0 Å². The lowest BCUT2D eigenvalue weighted by atomic mass is 10.2. The zero-order valence-corrected chi connectivity index (χ0v) is 9.64. The summed E-state index contributed by atoms with van der Waals surface area (Å²) >= 11 is 0. The number of nitrogens with zero attached hydrogens (tertiary/aromatic N) is 3. The molecule has 0 aliphatic heterocycles. The van der Waals surface area contributed by atoms with E-state index < -0.39 is 0 Å². The second-order valence-electron chi connectivity index (χ2n) is 3.77. The molecule has 2 rings (SSSR count). The fourth-order valence-electron chi connectivity index (χ4n) is 1.47. The quantitative estimate of drug-likeness (QED) is 0.850. The molecule has 0 aliphatic rings. The van der Waals surface area contributed by atoms with Crippen molar-refractivity contribution in [1.29, 1.82) is 0 Å². The molecule has 0 saturated carbocycles. The topological polar surface area (TPSA) is 42.7 Å². The number of hydrogen-bond donors (Lipinski definition) is 1. The normalized spacial score (nSPS) is 10.4. The lowest BCUT2D eigenvalue weighted by Gasteiger charge is -2.03. The van der Waals surface area contributed by atoms with Crippen molar-refractivity contribution in [2.45, 2.75) is 19.9 Å². The van der Waals surface area contributed by atoms with Crippen molar-refractivity contribution in [3.63, 3.8) is 0 Å². The second-order valence-corrected chi connectivity index (χ2v) is 3.77. The van der Waals surface area contributed by atoms with Crippen molar-refractivity contribution in [3.05, 3.63) is 42.0 Å². The molecule has 0 aromatic carbocycles. The van der Waals surface area contributed by atoms with E-state index in [-0.39, 0.29) is 0 Å². The van der Waals surface area contributed by atoms with E-state index in [2.05, 4.69) is 34.5 Å². The molecule has 0 saturated heterocycles. The molecule has 16 heavy (non-hydrogen) atoms. The fraction of sp³-hybridized carbons (Fsp3) is 0.333. The number of anilines is 1. The Kier molecular flexibility index (Phi) is 3.19. The van der Waals surface area contributed by atoms with E-state index in [1.165, 1.54) is 5.56 Å². The summed E-state index contributed by atoms with van der Waals surface area (Å²) in [5.74, 6) is 0. The molecule has 1 N–H and O–H groups in total. The summed E-state index contributed by atoms with van der Waals surface area (Å²) < 4.78 is 1.77. The summed E-state index contributed by atoms with van der Waals surface area (Å²) in [6, 6.07) is 4.18. The van der Waals surface area contributed by atoms with Crippen LogP contribution in [0.3, 0.4) is 0 Å². The molecule has 84 valence electrons. The average molecular weight is 216 g/mol. The Hall–Kier alpha value is -1.84. The van der Waals surface area contributed by atoms with Crippen LogP contribution in [0.2, 0.25) is 0 Å². The predicted octanol–water partition coefficient (Wildman–Crippen LogP) is 1.99. The van der Waals surface area contributed by atoms with Gasteiger partial charge in [-0.25, -0.2) is 0 Å². The molecule has 4 nitrogen and oxygen atoms in total. The Morgan fingerprint density at radius 2 is 2.19 bits per heavy atom. The minimum atomic E-state index is 0.732. The maximum absolute atomic E-state index is 4.38. The molecule has 0 fully saturated rings. The molecule has 2 heterocycles. The number of pyridine rings is 1. The Morgan fingerprint density at radius 3 is 2.75 bits per heavy atom. The molecular formula is C12H16N4. The van der Waals surface area contributed by atoms with Crippen LogP contribution in [-0.2, 0) is 20.0 Å². The first-order chi connectivity index (χ1) is 7.78. The van der Waals surface area contributed by atoms with E-state index in [1.54, 1.807) is 10.9 Å². The lowest BCUT2D eigenvalue weighted by Crippen LogP contribution is -2.01. The van der Waals surface area contributed by atoms with Crippen LogP contribution < -0.4 is 5.32 Å². The van der Waals surface area contributed by atoms with Gasteiger partial charge in [0.2, 0.25) is 0 Å². The van der Waals surface area contributed by atoms with Gasteiger partial charge in [0.1, 0.15) is 0 Å². The van der Waals surface area contributed by atoms with E-state index in [0.717, 1.165) is 24.3 Å². The van der Waals surface area contributed by atoms with Crippen LogP contribution in [-0.4, -0.2) is 14.8 Å². The van der Waals surface area contributed by atoms with Crippen LogP contribution in [0.1, 0.15) is 18.2 Å². The van der Waals surface area contributed by atoms with Gasteiger partial charge in [-0.1, -0.05) is 13.0 Å². The number of nitrogens with one attached hydrogen (secondary N) is 1. The summed E-state index contributed by atoms with van der Waals surface area (Å²) in [6.07, 6.45) is 6.71. The third kappa shape index (κ3) is 2.59. The lowest BCUT2D eigenvalue weighted by molar-refractivity contribution is 0.768. The van der Waals surface area contributed by atoms with Crippen LogP contribution in [0.4, 0.5) is 5.69 Å². The average Bonchev–Trinajstić information content (AvgIpc) is 2.73. The van der Waals surface area contributed by atoms with Crippen molar-refractivity contribution in [1.82, 2.24) is 14.8 Å². The molecule has 0 unspecified atom stereocenters.